The average Bonchev–Trinajstić information content (AvgIpc) is 2.78. The van der Waals surface area contributed by atoms with E-state index in [2.05, 4.69) is 46.8 Å². The highest BCUT2D eigenvalue weighted by Gasteiger charge is 2.51. The summed E-state index contributed by atoms with van der Waals surface area (Å²) in [6.07, 6.45) is 10.8. The third-order valence-corrected chi connectivity index (χ3v) is 6.65. The molecule has 1 aromatic heterocycles. The van der Waals surface area contributed by atoms with Crippen molar-refractivity contribution in [3.63, 3.8) is 0 Å². The summed E-state index contributed by atoms with van der Waals surface area (Å²) < 4.78 is 5.76. The molecule has 2 aliphatic rings. The summed E-state index contributed by atoms with van der Waals surface area (Å²) in [6.45, 7) is 12.0. The monoisotopic (exact) mass is 286 g/mol. The third kappa shape index (κ3) is 2.39. The Hall–Kier alpha value is -0.980. The number of fused-ring (bicyclic) bond motifs is 1. The Bertz CT molecular complexity index is 548. The number of rotatable bonds is 2. The molecule has 0 radical (unpaired) electrons. The second kappa shape index (κ2) is 5.04. The van der Waals surface area contributed by atoms with Crippen molar-refractivity contribution in [2.75, 3.05) is 0 Å². The van der Waals surface area contributed by atoms with Crippen LogP contribution in [-0.4, -0.2) is 0 Å². The molecule has 1 heteroatoms. The van der Waals surface area contributed by atoms with Gasteiger partial charge in [0.25, 0.3) is 0 Å². The van der Waals surface area contributed by atoms with Gasteiger partial charge in [0.05, 0.1) is 6.26 Å². The van der Waals surface area contributed by atoms with E-state index in [9.17, 15) is 0 Å². The van der Waals surface area contributed by atoms with E-state index in [-0.39, 0.29) is 0 Å². The van der Waals surface area contributed by atoms with Crippen LogP contribution in [0, 0.1) is 29.6 Å². The normalized spacial score (nSPS) is 35.2. The van der Waals surface area contributed by atoms with Gasteiger partial charge >= 0.3 is 0 Å². The quantitative estimate of drug-likeness (QED) is 0.614. The maximum Gasteiger partial charge on any atom is 0.107 e. The molecule has 0 spiro atoms. The van der Waals surface area contributed by atoms with Crippen molar-refractivity contribution >= 4 is 0 Å². The molecule has 1 fully saturated rings. The molecule has 1 heterocycles. The van der Waals surface area contributed by atoms with Crippen LogP contribution in [0.3, 0.4) is 0 Å². The van der Waals surface area contributed by atoms with Gasteiger partial charge in [0.15, 0.2) is 0 Å². The van der Waals surface area contributed by atoms with Gasteiger partial charge in [0.1, 0.15) is 5.76 Å². The predicted octanol–water partition coefficient (Wildman–Crippen LogP) is 5.93. The summed E-state index contributed by atoms with van der Waals surface area (Å²) in [5.74, 6) is 2.64. The molecule has 3 rings (SSSR count). The van der Waals surface area contributed by atoms with Crippen LogP contribution in [0.15, 0.2) is 28.4 Å². The summed E-state index contributed by atoms with van der Waals surface area (Å²) in [7, 11) is 0. The van der Waals surface area contributed by atoms with Crippen molar-refractivity contribution in [2.45, 2.75) is 66.7 Å². The number of furan rings is 1. The molecule has 0 N–H and O–H groups in total. The molecule has 0 aromatic carbocycles. The Morgan fingerprint density at radius 2 is 1.95 bits per heavy atom. The minimum Gasteiger partial charge on any atom is -0.469 e. The summed E-state index contributed by atoms with van der Waals surface area (Å²) in [5.41, 5.74) is 3.80. The topological polar surface area (TPSA) is 13.1 Å². The van der Waals surface area contributed by atoms with Gasteiger partial charge in [0, 0.05) is 6.42 Å². The van der Waals surface area contributed by atoms with Crippen LogP contribution in [-0.2, 0) is 6.42 Å². The first kappa shape index (κ1) is 14.9. The highest BCUT2D eigenvalue weighted by atomic mass is 16.3. The molecule has 0 amide bonds. The molecule has 3 atom stereocenters. The van der Waals surface area contributed by atoms with Crippen LogP contribution >= 0.6 is 0 Å². The molecular formula is C20H30O. The Morgan fingerprint density at radius 1 is 1.19 bits per heavy atom. The highest BCUT2D eigenvalue weighted by molar-refractivity contribution is 5.23. The number of aryl methyl sites for hydroxylation is 1. The molecular weight excluding hydrogens is 256 g/mol. The highest BCUT2D eigenvalue weighted by Crippen LogP contribution is 2.60. The first-order chi connectivity index (χ1) is 9.84. The van der Waals surface area contributed by atoms with Crippen LogP contribution in [0.4, 0.5) is 0 Å². The van der Waals surface area contributed by atoms with Crippen LogP contribution in [0.2, 0.25) is 0 Å². The molecule has 21 heavy (non-hydrogen) atoms. The second-order valence-electron chi connectivity index (χ2n) is 8.37. The molecule has 1 saturated carbocycles. The second-order valence-corrected chi connectivity index (χ2v) is 8.37. The lowest BCUT2D eigenvalue weighted by Gasteiger charge is -2.56. The fraction of sp³-hybridized carbons (Fsp3) is 0.700. The number of hydrogen-bond donors (Lipinski definition) is 0. The van der Waals surface area contributed by atoms with Gasteiger partial charge in [-0.05, 0) is 67.4 Å². The first-order valence-electron chi connectivity index (χ1n) is 8.54. The van der Waals surface area contributed by atoms with E-state index in [0.29, 0.717) is 16.7 Å². The third-order valence-electron chi connectivity index (χ3n) is 6.65. The molecule has 0 saturated heterocycles. The predicted molar refractivity (Wildman–Crippen MR) is 88.2 cm³/mol. The molecule has 116 valence electrons. The van der Waals surface area contributed by atoms with Crippen LogP contribution in [0.1, 0.15) is 64.7 Å². The minimum atomic E-state index is 0.430. The van der Waals surface area contributed by atoms with E-state index in [1.54, 1.807) is 5.57 Å². The summed E-state index contributed by atoms with van der Waals surface area (Å²) >= 11 is 0. The standard InChI is InChI=1S/C20H30O/c1-14-7-8-18-19(3,4)10-6-11-20(18,5)16(14)13-17-15(2)9-12-21-17/h7,9,12,16,18H,6,8,10-11,13H2,1-5H3/t16-,18-,20+/m0/s1. The van der Waals surface area contributed by atoms with Crippen molar-refractivity contribution in [3.8, 4) is 0 Å². The molecule has 0 unspecified atom stereocenters. The fourth-order valence-corrected chi connectivity index (χ4v) is 5.33. The molecule has 0 aliphatic heterocycles. The maximum atomic E-state index is 5.76. The molecule has 1 aromatic rings. The lowest BCUT2D eigenvalue weighted by molar-refractivity contribution is -0.0379. The van der Waals surface area contributed by atoms with Crippen LogP contribution < -0.4 is 0 Å². The molecule has 1 nitrogen and oxygen atoms in total. The van der Waals surface area contributed by atoms with E-state index >= 15 is 0 Å². The Balaban J connectivity index is 1.96. The Morgan fingerprint density at radius 3 is 2.62 bits per heavy atom. The van der Waals surface area contributed by atoms with Crippen molar-refractivity contribution in [1.82, 2.24) is 0 Å². The van der Waals surface area contributed by atoms with Crippen molar-refractivity contribution in [2.24, 2.45) is 22.7 Å². The van der Waals surface area contributed by atoms with Gasteiger partial charge in [-0.3, -0.25) is 0 Å². The van der Waals surface area contributed by atoms with E-state index in [0.717, 1.165) is 12.3 Å². The lowest BCUT2D eigenvalue weighted by Crippen LogP contribution is -2.49. The summed E-state index contributed by atoms with van der Waals surface area (Å²) in [4.78, 5) is 0. The Labute approximate surface area is 129 Å². The first-order valence-corrected chi connectivity index (χ1v) is 8.54. The van der Waals surface area contributed by atoms with Gasteiger partial charge in [-0.25, -0.2) is 0 Å². The van der Waals surface area contributed by atoms with Crippen molar-refractivity contribution in [3.05, 3.63) is 35.3 Å². The molecule has 2 aliphatic carbocycles. The van der Waals surface area contributed by atoms with E-state index in [1.165, 1.54) is 37.0 Å². The van der Waals surface area contributed by atoms with Crippen molar-refractivity contribution < 1.29 is 4.42 Å². The van der Waals surface area contributed by atoms with Gasteiger partial charge in [0.2, 0.25) is 0 Å². The maximum absolute atomic E-state index is 5.76. The van der Waals surface area contributed by atoms with Gasteiger partial charge in [-0.1, -0.05) is 38.8 Å². The zero-order chi connectivity index (χ0) is 15.3. The average molecular weight is 286 g/mol. The van der Waals surface area contributed by atoms with Crippen LogP contribution in [0.25, 0.3) is 0 Å². The number of allylic oxidation sites excluding steroid dienone is 2. The van der Waals surface area contributed by atoms with E-state index < -0.39 is 0 Å². The van der Waals surface area contributed by atoms with E-state index in [1.807, 2.05) is 6.26 Å². The zero-order valence-corrected chi connectivity index (χ0v) is 14.3. The smallest absolute Gasteiger partial charge is 0.107 e. The SMILES string of the molecule is CC1=CC[C@H]2C(C)(C)CCC[C@]2(C)[C@H]1Cc1occc1C. The van der Waals surface area contributed by atoms with Crippen molar-refractivity contribution in [1.29, 1.82) is 0 Å². The van der Waals surface area contributed by atoms with Gasteiger partial charge in [-0.15, -0.1) is 0 Å². The number of hydrogen-bond acceptors (Lipinski definition) is 1. The van der Waals surface area contributed by atoms with E-state index in [4.69, 9.17) is 4.42 Å². The minimum absolute atomic E-state index is 0.430. The zero-order valence-electron chi connectivity index (χ0n) is 14.3. The van der Waals surface area contributed by atoms with Gasteiger partial charge in [-0.2, -0.15) is 0 Å². The van der Waals surface area contributed by atoms with Gasteiger partial charge < -0.3 is 4.42 Å². The summed E-state index contributed by atoms with van der Waals surface area (Å²) in [5, 5.41) is 0. The Kier molecular flexibility index (Phi) is 3.58. The molecule has 0 bridgehead atoms. The van der Waals surface area contributed by atoms with Crippen LogP contribution in [0.5, 0.6) is 0 Å². The lowest BCUT2D eigenvalue weighted by atomic mass is 9.48. The summed E-state index contributed by atoms with van der Waals surface area (Å²) in [6, 6.07) is 2.10. The largest absolute Gasteiger partial charge is 0.469 e. The fourth-order valence-electron chi connectivity index (χ4n) is 5.33.